The predicted molar refractivity (Wildman–Crippen MR) is 91.4 cm³/mol. The maximum atomic E-state index is 12.8. The molecule has 3 rings (SSSR count). The van der Waals surface area contributed by atoms with E-state index in [4.69, 9.17) is 10.5 Å². The molecule has 8 heteroatoms. The van der Waals surface area contributed by atoms with Gasteiger partial charge in [0, 0.05) is 29.4 Å². The second kappa shape index (κ2) is 5.70. The maximum Gasteiger partial charge on any atom is 0.283 e. The molecule has 0 spiro atoms. The number of nitro groups is 1. The van der Waals surface area contributed by atoms with Gasteiger partial charge in [0.25, 0.3) is 5.69 Å². The van der Waals surface area contributed by atoms with Crippen LogP contribution in [-0.2, 0) is 9.53 Å². The van der Waals surface area contributed by atoms with Gasteiger partial charge in [-0.2, -0.15) is 5.26 Å². The zero-order valence-electron chi connectivity index (χ0n) is 14.1. The van der Waals surface area contributed by atoms with Gasteiger partial charge in [-0.25, -0.2) is 0 Å². The van der Waals surface area contributed by atoms with Gasteiger partial charge in [-0.3, -0.25) is 14.9 Å². The summed E-state index contributed by atoms with van der Waals surface area (Å²) in [7, 11) is 0. The van der Waals surface area contributed by atoms with Gasteiger partial charge in [0.2, 0.25) is 5.88 Å². The molecule has 130 valence electrons. The zero-order valence-corrected chi connectivity index (χ0v) is 14.9. The molecule has 0 saturated carbocycles. The van der Waals surface area contributed by atoms with Crippen molar-refractivity contribution in [1.82, 2.24) is 0 Å². The number of ketones is 1. The van der Waals surface area contributed by atoms with Gasteiger partial charge in [0.05, 0.1) is 15.7 Å². The molecule has 0 bridgehead atoms. The zero-order chi connectivity index (χ0) is 18.5. The Morgan fingerprint density at radius 2 is 2.16 bits per heavy atom. The number of hydrogen-bond donors (Lipinski definition) is 1. The third-order valence-electron chi connectivity index (χ3n) is 4.47. The fourth-order valence-electron chi connectivity index (χ4n) is 3.39. The van der Waals surface area contributed by atoms with Crippen LogP contribution in [0.5, 0.6) is 0 Å². The van der Waals surface area contributed by atoms with Crippen LogP contribution >= 0.6 is 11.3 Å². The molecule has 1 atom stereocenters. The molecule has 25 heavy (non-hydrogen) atoms. The van der Waals surface area contributed by atoms with Crippen molar-refractivity contribution >= 4 is 22.8 Å². The minimum absolute atomic E-state index is 0.0203. The number of allylic oxidation sites excluding steroid dienone is 3. The summed E-state index contributed by atoms with van der Waals surface area (Å²) in [5.41, 5.74) is 6.17. The fourth-order valence-corrected chi connectivity index (χ4v) is 4.50. The van der Waals surface area contributed by atoms with Crippen molar-refractivity contribution in [3.05, 3.63) is 48.7 Å². The molecule has 2 heterocycles. The first kappa shape index (κ1) is 17.2. The van der Waals surface area contributed by atoms with Crippen molar-refractivity contribution in [2.75, 3.05) is 0 Å². The van der Waals surface area contributed by atoms with E-state index < -0.39 is 10.8 Å². The number of carbonyl (C=O) groups is 1. The number of rotatable bonds is 2. The van der Waals surface area contributed by atoms with E-state index in [0.29, 0.717) is 33.9 Å². The fraction of sp³-hybridized carbons (Fsp3) is 0.412. The normalized spacial score (nSPS) is 22.3. The summed E-state index contributed by atoms with van der Waals surface area (Å²) < 4.78 is 5.60. The standard InChI is InChI=1S/C17H17N3O4S/c1-8-10(20(22)23)4-13(25-8)14-9(7-18)16(19)24-12-6-17(2,3)5-11(21)15(12)14/h4,14H,5-6,19H2,1-3H3/t14-/m0/s1. The minimum atomic E-state index is -0.699. The molecular formula is C17H17N3O4S. The monoisotopic (exact) mass is 359 g/mol. The van der Waals surface area contributed by atoms with Gasteiger partial charge in [0.15, 0.2) is 5.78 Å². The lowest BCUT2D eigenvalue weighted by Gasteiger charge is -2.36. The Morgan fingerprint density at radius 3 is 2.72 bits per heavy atom. The number of Topliss-reactive ketones (excluding diaryl/α,β-unsaturated/α-hetero) is 1. The lowest BCUT2D eigenvalue weighted by Crippen LogP contribution is -2.33. The van der Waals surface area contributed by atoms with Crippen LogP contribution in [0.1, 0.15) is 42.4 Å². The summed E-state index contributed by atoms with van der Waals surface area (Å²) in [6, 6.07) is 3.44. The Bertz CT molecular complexity index is 901. The van der Waals surface area contributed by atoms with Crippen LogP contribution in [0.25, 0.3) is 0 Å². The van der Waals surface area contributed by atoms with Gasteiger partial charge in [-0.05, 0) is 12.3 Å². The van der Waals surface area contributed by atoms with E-state index in [1.807, 2.05) is 19.9 Å². The van der Waals surface area contributed by atoms with Crippen LogP contribution in [0.2, 0.25) is 0 Å². The smallest absolute Gasteiger partial charge is 0.283 e. The highest BCUT2D eigenvalue weighted by molar-refractivity contribution is 7.12. The predicted octanol–water partition coefficient (Wildman–Crippen LogP) is 3.42. The summed E-state index contributed by atoms with van der Waals surface area (Å²) in [5, 5.41) is 20.7. The Kier molecular flexibility index (Phi) is 3.92. The highest BCUT2D eigenvalue weighted by atomic mass is 32.1. The first-order chi connectivity index (χ1) is 11.6. The van der Waals surface area contributed by atoms with Crippen molar-refractivity contribution in [2.24, 2.45) is 11.1 Å². The molecule has 1 aromatic rings. The molecule has 0 fully saturated rings. The van der Waals surface area contributed by atoms with Crippen molar-refractivity contribution in [2.45, 2.75) is 39.5 Å². The maximum absolute atomic E-state index is 12.8. The molecule has 1 aliphatic carbocycles. The highest BCUT2D eigenvalue weighted by Crippen LogP contribution is 2.49. The number of hydrogen-bond acceptors (Lipinski definition) is 7. The van der Waals surface area contributed by atoms with Crippen molar-refractivity contribution in [3.63, 3.8) is 0 Å². The SMILES string of the molecule is Cc1sc([C@@H]2C(C#N)=C(N)OC3=C2C(=O)CC(C)(C)C3)cc1[N+](=O)[O-]. The number of aryl methyl sites for hydroxylation is 1. The lowest BCUT2D eigenvalue weighted by atomic mass is 9.71. The summed E-state index contributed by atoms with van der Waals surface area (Å²) in [5.74, 6) is -0.373. The van der Waals surface area contributed by atoms with Crippen LogP contribution in [0.3, 0.4) is 0 Å². The molecule has 1 aromatic heterocycles. The van der Waals surface area contributed by atoms with Gasteiger partial charge >= 0.3 is 0 Å². The first-order valence-corrected chi connectivity index (χ1v) is 8.55. The Morgan fingerprint density at radius 1 is 1.48 bits per heavy atom. The number of nitrogens with zero attached hydrogens (tertiary/aromatic N) is 2. The molecule has 0 unspecified atom stereocenters. The number of thiophene rings is 1. The third-order valence-corrected chi connectivity index (χ3v) is 5.57. The van der Waals surface area contributed by atoms with Gasteiger partial charge < -0.3 is 10.5 Å². The number of nitriles is 1. The summed E-state index contributed by atoms with van der Waals surface area (Å²) in [4.78, 5) is 24.6. The van der Waals surface area contributed by atoms with E-state index in [0.717, 1.165) is 0 Å². The van der Waals surface area contributed by atoms with Crippen LogP contribution in [0.4, 0.5) is 5.69 Å². The molecule has 2 N–H and O–H groups in total. The number of carbonyl (C=O) groups excluding carboxylic acids is 1. The van der Waals surface area contributed by atoms with Crippen molar-refractivity contribution in [3.8, 4) is 6.07 Å². The van der Waals surface area contributed by atoms with Gasteiger partial charge in [-0.1, -0.05) is 13.8 Å². The highest BCUT2D eigenvalue weighted by Gasteiger charge is 2.44. The van der Waals surface area contributed by atoms with Gasteiger partial charge in [0.1, 0.15) is 17.4 Å². The summed E-state index contributed by atoms with van der Waals surface area (Å²) in [6.45, 7) is 5.58. The molecule has 1 aliphatic heterocycles. The molecule has 0 saturated heterocycles. The van der Waals surface area contributed by atoms with Crippen LogP contribution in [0, 0.1) is 33.8 Å². The molecule has 0 aromatic carbocycles. The molecule has 0 radical (unpaired) electrons. The van der Waals surface area contributed by atoms with Crippen molar-refractivity contribution < 1.29 is 14.5 Å². The quantitative estimate of drug-likeness (QED) is 0.638. The van der Waals surface area contributed by atoms with Crippen LogP contribution in [0.15, 0.2) is 28.9 Å². The third kappa shape index (κ3) is 2.81. The summed E-state index contributed by atoms with van der Waals surface area (Å²) in [6.07, 6.45) is 0.854. The number of nitrogens with two attached hydrogens (primary N) is 1. The van der Waals surface area contributed by atoms with Crippen molar-refractivity contribution in [1.29, 1.82) is 5.26 Å². The second-order valence-corrected chi connectivity index (χ2v) is 8.34. The second-order valence-electron chi connectivity index (χ2n) is 7.05. The first-order valence-electron chi connectivity index (χ1n) is 7.73. The lowest BCUT2D eigenvalue weighted by molar-refractivity contribution is -0.385. The molecular weight excluding hydrogens is 342 g/mol. The van der Waals surface area contributed by atoms with E-state index in [-0.39, 0.29) is 28.3 Å². The molecule has 2 aliphatic rings. The average molecular weight is 359 g/mol. The van der Waals surface area contributed by atoms with E-state index in [1.165, 1.54) is 17.4 Å². The molecule has 0 amide bonds. The molecule has 7 nitrogen and oxygen atoms in total. The largest absolute Gasteiger partial charge is 0.444 e. The van der Waals surface area contributed by atoms with Crippen LogP contribution < -0.4 is 5.73 Å². The average Bonchev–Trinajstić information content (AvgIpc) is 2.86. The Balaban J connectivity index is 2.20. The Hall–Kier alpha value is -2.66. The van der Waals surface area contributed by atoms with Crippen LogP contribution in [-0.4, -0.2) is 10.7 Å². The minimum Gasteiger partial charge on any atom is -0.444 e. The Labute approximate surface area is 148 Å². The van der Waals surface area contributed by atoms with E-state index >= 15 is 0 Å². The van der Waals surface area contributed by atoms with E-state index in [1.54, 1.807) is 6.92 Å². The van der Waals surface area contributed by atoms with Gasteiger partial charge in [-0.15, -0.1) is 11.3 Å². The number of ether oxygens (including phenoxy) is 1. The topological polar surface area (TPSA) is 119 Å². The van der Waals surface area contributed by atoms with E-state index in [9.17, 15) is 20.2 Å². The van der Waals surface area contributed by atoms with E-state index in [2.05, 4.69) is 0 Å². The summed E-state index contributed by atoms with van der Waals surface area (Å²) >= 11 is 1.20.